The molecule has 2 aromatic carbocycles. The van der Waals surface area contributed by atoms with Gasteiger partial charge in [-0.1, -0.05) is 18.2 Å². The molecule has 0 saturated carbocycles. The van der Waals surface area contributed by atoms with Crippen LogP contribution in [0, 0.1) is 0 Å². The topological polar surface area (TPSA) is 109 Å². The summed E-state index contributed by atoms with van der Waals surface area (Å²) in [6.07, 6.45) is 2.22. The number of piperazine rings is 1. The van der Waals surface area contributed by atoms with Crippen LogP contribution in [0.25, 0.3) is 10.9 Å². The van der Waals surface area contributed by atoms with Crippen molar-refractivity contribution in [1.29, 1.82) is 0 Å². The van der Waals surface area contributed by atoms with Crippen molar-refractivity contribution in [1.82, 2.24) is 14.8 Å². The van der Waals surface area contributed by atoms with E-state index in [1.54, 1.807) is 34.1 Å². The van der Waals surface area contributed by atoms with E-state index in [2.05, 4.69) is 4.98 Å². The first kappa shape index (κ1) is 20.5. The van der Waals surface area contributed by atoms with Gasteiger partial charge in [-0.3, -0.25) is 14.4 Å². The Bertz CT molecular complexity index is 1100. The lowest BCUT2D eigenvalue weighted by molar-refractivity contribution is -0.140. The van der Waals surface area contributed by atoms with Crippen LogP contribution >= 0.6 is 0 Å². The van der Waals surface area contributed by atoms with E-state index < -0.39 is 5.91 Å². The second kappa shape index (κ2) is 8.91. The highest BCUT2D eigenvalue weighted by Crippen LogP contribution is 2.19. The fraction of sp³-hybridized carbons (Fsp3) is 0.261. The number of carbonyl (C=O) groups is 3. The smallest absolute Gasteiger partial charge is 0.260 e. The zero-order chi connectivity index (χ0) is 21.8. The number of hydrogen-bond acceptors (Lipinski definition) is 4. The summed E-state index contributed by atoms with van der Waals surface area (Å²) in [5, 5.41) is 1.06. The highest BCUT2D eigenvalue weighted by molar-refractivity contribution is 5.92. The van der Waals surface area contributed by atoms with E-state index >= 15 is 0 Å². The summed E-state index contributed by atoms with van der Waals surface area (Å²) in [6.45, 7) is 1.85. The number of nitrogens with one attached hydrogen (secondary N) is 1. The standard InChI is InChI=1S/C23H24N4O4/c24-23(30)16-5-7-18(8-6-16)31-15-22(29)27-11-9-26(10-12-27)21(28)13-17-14-25-20-4-2-1-3-19(17)20/h1-8,14,25H,9-13,15H2,(H2,24,30). The van der Waals surface area contributed by atoms with Gasteiger partial charge in [0.1, 0.15) is 5.75 Å². The van der Waals surface area contributed by atoms with Crippen molar-refractivity contribution < 1.29 is 19.1 Å². The van der Waals surface area contributed by atoms with Crippen LogP contribution in [0.1, 0.15) is 15.9 Å². The first-order valence-corrected chi connectivity index (χ1v) is 10.1. The van der Waals surface area contributed by atoms with E-state index in [1.165, 1.54) is 0 Å². The summed E-state index contributed by atoms with van der Waals surface area (Å²) >= 11 is 0. The van der Waals surface area contributed by atoms with Crippen molar-refractivity contribution in [3.63, 3.8) is 0 Å². The molecule has 3 amide bonds. The van der Waals surface area contributed by atoms with Gasteiger partial charge in [-0.05, 0) is 35.9 Å². The van der Waals surface area contributed by atoms with Crippen LogP contribution in [0.2, 0.25) is 0 Å². The number of amides is 3. The number of hydrogen-bond donors (Lipinski definition) is 2. The van der Waals surface area contributed by atoms with Crippen LogP contribution in [0.15, 0.2) is 54.7 Å². The van der Waals surface area contributed by atoms with Crippen LogP contribution in [0.4, 0.5) is 0 Å². The van der Waals surface area contributed by atoms with E-state index in [-0.39, 0.29) is 18.4 Å². The van der Waals surface area contributed by atoms with Crippen molar-refractivity contribution in [3.05, 3.63) is 65.9 Å². The molecule has 3 N–H and O–H groups in total. The predicted octanol–water partition coefficient (Wildman–Crippen LogP) is 1.56. The molecule has 1 aromatic heterocycles. The molecule has 4 rings (SSSR count). The number of H-pyrrole nitrogens is 1. The lowest BCUT2D eigenvalue weighted by atomic mass is 10.1. The molecule has 31 heavy (non-hydrogen) atoms. The minimum absolute atomic E-state index is 0.0580. The molecule has 8 heteroatoms. The largest absolute Gasteiger partial charge is 0.484 e. The molecule has 0 bridgehead atoms. The Hall–Kier alpha value is -3.81. The average molecular weight is 420 g/mol. The van der Waals surface area contributed by atoms with Gasteiger partial charge < -0.3 is 25.3 Å². The molecule has 1 aliphatic heterocycles. The Labute approximate surface area is 179 Å². The summed E-state index contributed by atoms with van der Waals surface area (Å²) in [6, 6.07) is 14.2. The first-order valence-electron chi connectivity index (χ1n) is 10.1. The van der Waals surface area contributed by atoms with Gasteiger partial charge in [-0.2, -0.15) is 0 Å². The number of aromatic amines is 1. The van der Waals surface area contributed by atoms with Crippen molar-refractivity contribution in [2.75, 3.05) is 32.8 Å². The lowest BCUT2D eigenvalue weighted by Crippen LogP contribution is -2.52. The van der Waals surface area contributed by atoms with Gasteiger partial charge >= 0.3 is 0 Å². The third-order valence-electron chi connectivity index (χ3n) is 5.50. The molecule has 1 fully saturated rings. The number of nitrogens with zero attached hydrogens (tertiary/aromatic N) is 2. The van der Waals surface area contributed by atoms with E-state index in [0.717, 1.165) is 16.5 Å². The molecule has 160 valence electrons. The number of ether oxygens (including phenoxy) is 1. The quantitative estimate of drug-likeness (QED) is 0.631. The molecule has 0 atom stereocenters. The van der Waals surface area contributed by atoms with Gasteiger partial charge in [-0.15, -0.1) is 0 Å². The van der Waals surface area contributed by atoms with Gasteiger partial charge in [0.2, 0.25) is 11.8 Å². The molecule has 1 saturated heterocycles. The molecule has 3 aromatic rings. The zero-order valence-corrected chi connectivity index (χ0v) is 17.0. The van der Waals surface area contributed by atoms with Gasteiger partial charge in [0.15, 0.2) is 6.61 Å². The molecule has 1 aliphatic rings. The summed E-state index contributed by atoms with van der Waals surface area (Å²) < 4.78 is 5.51. The number of benzene rings is 2. The Morgan fingerprint density at radius 2 is 1.55 bits per heavy atom. The predicted molar refractivity (Wildman–Crippen MR) is 116 cm³/mol. The molecule has 0 spiro atoms. The Morgan fingerprint density at radius 1 is 0.903 bits per heavy atom. The zero-order valence-electron chi connectivity index (χ0n) is 17.0. The number of rotatable bonds is 6. The second-order valence-corrected chi connectivity index (χ2v) is 7.48. The number of primary amides is 1. The molecular formula is C23H24N4O4. The van der Waals surface area contributed by atoms with Crippen molar-refractivity contribution in [3.8, 4) is 5.75 Å². The molecule has 0 aliphatic carbocycles. The first-order chi connectivity index (χ1) is 15.0. The molecular weight excluding hydrogens is 396 g/mol. The molecule has 2 heterocycles. The van der Waals surface area contributed by atoms with E-state index in [0.29, 0.717) is 43.9 Å². The number of aromatic nitrogens is 1. The minimum Gasteiger partial charge on any atom is -0.484 e. The van der Waals surface area contributed by atoms with Crippen molar-refractivity contribution in [2.24, 2.45) is 5.73 Å². The molecule has 0 radical (unpaired) electrons. The Balaban J connectivity index is 1.25. The van der Waals surface area contributed by atoms with Gasteiger partial charge in [0, 0.05) is 48.8 Å². The SMILES string of the molecule is NC(=O)c1ccc(OCC(=O)N2CCN(C(=O)Cc3c[nH]c4ccccc34)CC2)cc1. The number of fused-ring (bicyclic) bond motifs is 1. The summed E-state index contributed by atoms with van der Waals surface area (Å²) in [5.74, 6) is -0.101. The Kier molecular flexibility index (Phi) is 5.88. The maximum Gasteiger partial charge on any atom is 0.260 e. The minimum atomic E-state index is -0.514. The number of nitrogens with two attached hydrogens (primary N) is 1. The summed E-state index contributed by atoms with van der Waals surface area (Å²) in [7, 11) is 0. The highest BCUT2D eigenvalue weighted by atomic mass is 16.5. The average Bonchev–Trinajstić information content (AvgIpc) is 3.20. The van der Waals surface area contributed by atoms with E-state index in [1.807, 2.05) is 30.5 Å². The second-order valence-electron chi connectivity index (χ2n) is 7.48. The van der Waals surface area contributed by atoms with Gasteiger partial charge in [0.25, 0.3) is 5.91 Å². The summed E-state index contributed by atoms with van der Waals surface area (Å²) in [5.41, 5.74) is 7.59. The maximum atomic E-state index is 12.7. The van der Waals surface area contributed by atoms with Crippen LogP contribution in [0.5, 0.6) is 5.75 Å². The lowest BCUT2D eigenvalue weighted by Gasteiger charge is -2.34. The number of carbonyl (C=O) groups excluding carboxylic acids is 3. The maximum absolute atomic E-state index is 12.7. The van der Waals surface area contributed by atoms with E-state index in [4.69, 9.17) is 10.5 Å². The fourth-order valence-electron chi connectivity index (χ4n) is 3.71. The number of para-hydroxylation sites is 1. The highest BCUT2D eigenvalue weighted by Gasteiger charge is 2.25. The summed E-state index contributed by atoms with van der Waals surface area (Å²) in [4.78, 5) is 43.0. The normalized spacial score (nSPS) is 13.9. The van der Waals surface area contributed by atoms with Crippen LogP contribution < -0.4 is 10.5 Å². The molecule has 0 unspecified atom stereocenters. The van der Waals surface area contributed by atoms with Crippen LogP contribution in [0.3, 0.4) is 0 Å². The van der Waals surface area contributed by atoms with Crippen molar-refractivity contribution >= 4 is 28.6 Å². The van der Waals surface area contributed by atoms with Crippen LogP contribution in [-0.2, 0) is 16.0 Å². The third kappa shape index (κ3) is 4.69. The monoisotopic (exact) mass is 420 g/mol. The van der Waals surface area contributed by atoms with Crippen LogP contribution in [-0.4, -0.2) is 65.3 Å². The molecule has 8 nitrogen and oxygen atoms in total. The van der Waals surface area contributed by atoms with Gasteiger partial charge in [0.05, 0.1) is 6.42 Å². The van der Waals surface area contributed by atoms with Gasteiger partial charge in [-0.25, -0.2) is 0 Å². The Morgan fingerprint density at radius 3 is 2.23 bits per heavy atom. The van der Waals surface area contributed by atoms with Crippen molar-refractivity contribution in [2.45, 2.75) is 6.42 Å². The third-order valence-corrected chi connectivity index (χ3v) is 5.50. The fourth-order valence-corrected chi connectivity index (χ4v) is 3.71. The van der Waals surface area contributed by atoms with E-state index in [9.17, 15) is 14.4 Å².